The van der Waals surface area contributed by atoms with Crippen molar-refractivity contribution in [2.24, 2.45) is 0 Å². The summed E-state index contributed by atoms with van der Waals surface area (Å²) in [6.07, 6.45) is 0. The van der Waals surface area contributed by atoms with Crippen molar-refractivity contribution < 1.29 is 18.7 Å². The van der Waals surface area contributed by atoms with Crippen LogP contribution in [0.25, 0.3) is 22.1 Å². The summed E-state index contributed by atoms with van der Waals surface area (Å²) < 4.78 is 18.9. The molecular formula is C28H25N3O6. The largest absolute Gasteiger partial charge is 0.497 e. The van der Waals surface area contributed by atoms with Crippen LogP contribution in [0.15, 0.2) is 86.8 Å². The summed E-state index contributed by atoms with van der Waals surface area (Å²) in [6.45, 7) is 2.13. The second-order valence-corrected chi connectivity index (χ2v) is 8.39. The van der Waals surface area contributed by atoms with E-state index in [9.17, 15) is 14.4 Å². The normalized spacial score (nSPS) is 11.1. The molecular weight excluding hydrogens is 474 g/mol. The Kier molecular flexibility index (Phi) is 6.51. The van der Waals surface area contributed by atoms with E-state index in [1.54, 1.807) is 79.9 Å². The number of carbonyl (C=O) groups excluding carboxylic acids is 1. The van der Waals surface area contributed by atoms with Gasteiger partial charge >= 0.3 is 5.69 Å². The van der Waals surface area contributed by atoms with Gasteiger partial charge in [-0.2, -0.15) is 0 Å². The van der Waals surface area contributed by atoms with Gasteiger partial charge in [0.05, 0.1) is 20.3 Å². The molecule has 3 aromatic carbocycles. The van der Waals surface area contributed by atoms with E-state index in [-0.39, 0.29) is 18.7 Å². The molecule has 1 N–H and O–H groups in total. The van der Waals surface area contributed by atoms with Gasteiger partial charge in [0.1, 0.15) is 29.1 Å². The number of amides is 1. The van der Waals surface area contributed by atoms with Crippen LogP contribution in [0, 0.1) is 0 Å². The molecule has 0 atom stereocenters. The standard InChI is InChI=1S/C28H25N3O6/c1-3-36-21-14-10-19(11-15-21)29-24(32)17-30-25-22-6-4-5-7-23(22)37-26(25)27(33)31(28(30)34)16-18-8-12-20(35-2)13-9-18/h4-15H,3,16-17H2,1-2H3,(H,29,32). The minimum Gasteiger partial charge on any atom is -0.497 e. The van der Waals surface area contributed by atoms with Crippen molar-refractivity contribution in [2.75, 3.05) is 19.0 Å². The van der Waals surface area contributed by atoms with Gasteiger partial charge in [0.2, 0.25) is 11.5 Å². The van der Waals surface area contributed by atoms with Crippen LogP contribution < -0.4 is 26.0 Å². The Bertz CT molecular complexity index is 1700. The average Bonchev–Trinajstić information content (AvgIpc) is 3.30. The maximum Gasteiger partial charge on any atom is 0.332 e. The number of para-hydroxylation sites is 1. The molecule has 5 aromatic rings. The van der Waals surface area contributed by atoms with Crippen LogP contribution in [0.2, 0.25) is 0 Å². The lowest BCUT2D eigenvalue weighted by atomic mass is 10.2. The van der Waals surface area contributed by atoms with Gasteiger partial charge in [0.25, 0.3) is 5.56 Å². The number of fused-ring (bicyclic) bond motifs is 3. The van der Waals surface area contributed by atoms with E-state index in [0.29, 0.717) is 40.3 Å². The van der Waals surface area contributed by atoms with Gasteiger partial charge in [0, 0.05) is 11.1 Å². The number of nitrogens with zero attached hydrogens (tertiary/aromatic N) is 2. The quantitative estimate of drug-likeness (QED) is 0.346. The van der Waals surface area contributed by atoms with Gasteiger partial charge < -0.3 is 19.2 Å². The Morgan fingerprint density at radius 2 is 1.62 bits per heavy atom. The molecule has 0 bridgehead atoms. The highest BCUT2D eigenvalue weighted by molar-refractivity contribution is 6.03. The lowest BCUT2D eigenvalue weighted by Gasteiger charge is -2.13. The summed E-state index contributed by atoms with van der Waals surface area (Å²) in [5, 5.41) is 3.38. The number of ether oxygens (including phenoxy) is 2. The Hall–Kier alpha value is -4.79. The van der Waals surface area contributed by atoms with E-state index in [4.69, 9.17) is 13.9 Å². The molecule has 188 valence electrons. The predicted octanol–water partition coefficient (Wildman–Crippen LogP) is 4.00. The number of carbonyl (C=O) groups is 1. The Morgan fingerprint density at radius 1 is 0.919 bits per heavy atom. The molecule has 37 heavy (non-hydrogen) atoms. The lowest BCUT2D eigenvalue weighted by molar-refractivity contribution is -0.116. The first-order valence-electron chi connectivity index (χ1n) is 11.8. The van der Waals surface area contributed by atoms with Crippen molar-refractivity contribution >= 4 is 33.7 Å². The second-order valence-electron chi connectivity index (χ2n) is 8.39. The zero-order chi connectivity index (χ0) is 25.9. The predicted molar refractivity (Wildman–Crippen MR) is 141 cm³/mol. The van der Waals surface area contributed by atoms with Crippen molar-refractivity contribution in [3.8, 4) is 11.5 Å². The highest BCUT2D eigenvalue weighted by atomic mass is 16.5. The van der Waals surface area contributed by atoms with Crippen LogP contribution in [0.3, 0.4) is 0 Å². The molecule has 2 aromatic heterocycles. The summed E-state index contributed by atoms with van der Waals surface area (Å²) in [6, 6.07) is 21.0. The molecule has 5 rings (SSSR count). The first kappa shape index (κ1) is 23.9. The van der Waals surface area contributed by atoms with E-state index in [0.717, 1.165) is 10.1 Å². The molecule has 0 saturated heterocycles. The van der Waals surface area contributed by atoms with Crippen LogP contribution in [-0.2, 0) is 17.9 Å². The molecule has 0 radical (unpaired) electrons. The van der Waals surface area contributed by atoms with Crippen molar-refractivity contribution in [3.05, 3.63) is 99.2 Å². The van der Waals surface area contributed by atoms with Crippen LogP contribution in [-0.4, -0.2) is 28.8 Å². The van der Waals surface area contributed by atoms with E-state index in [1.165, 1.54) is 4.57 Å². The number of benzene rings is 3. The first-order valence-corrected chi connectivity index (χ1v) is 11.8. The number of methoxy groups -OCH3 is 1. The monoisotopic (exact) mass is 499 g/mol. The van der Waals surface area contributed by atoms with Crippen molar-refractivity contribution in [2.45, 2.75) is 20.0 Å². The molecule has 0 aliphatic rings. The summed E-state index contributed by atoms with van der Waals surface area (Å²) in [4.78, 5) is 40.1. The van der Waals surface area contributed by atoms with Gasteiger partial charge in [-0.3, -0.25) is 18.7 Å². The Morgan fingerprint density at radius 3 is 2.32 bits per heavy atom. The highest BCUT2D eigenvalue weighted by Gasteiger charge is 2.21. The fourth-order valence-electron chi connectivity index (χ4n) is 4.24. The van der Waals surface area contributed by atoms with E-state index >= 15 is 0 Å². The van der Waals surface area contributed by atoms with Gasteiger partial charge in [0.15, 0.2) is 0 Å². The molecule has 0 aliphatic heterocycles. The van der Waals surface area contributed by atoms with Crippen LogP contribution >= 0.6 is 0 Å². The summed E-state index contributed by atoms with van der Waals surface area (Å²) >= 11 is 0. The van der Waals surface area contributed by atoms with E-state index in [1.807, 2.05) is 6.92 Å². The lowest BCUT2D eigenvalue weighted by Crippen LogP contribution is -2.41. The summed E-state index contributed by atoms with van der Waals surface area (Å²) in [5.41, 5.74) is 0.873. The molecule has 1 amide bonds. The molecule has 0 fully saturated rings. The van der Waals surface area contributed by atoms with Crippen molar-refractivity contribution in [1.82, 2.24) is 9.13 Å². The molecule has 0 spiro atoms. The smallest absolute Gasteiger partial charge is 0.332 e. The second kappa shape index (κ2) is 10.1. The number of furan rings is 1. The van der Waals surface area contributed by atoms with Crippen LogP contribution in [0.1, 0.15) is 12.5 Å². The third-order valence-electron chi connectivity index (χ3n) is 5.99. The zero-order valence-electron chi connectivity index (χ0n) is 20.4. The minimum absolute atomic E-state index is 0.00908. The molecule has 0 aliphatic carbocycles. The summed E-state index contributed by atoms with van der Waals surface area (Å²) in [7, 11) is 1.56. The Labute approximate surface area is 211 Å². The zero-order valence-corrected chi connectivity index (χ0v) is 20.4. The topological polar surface area (TPSA) is 105 Å². The number of rotatable bonds is 8. The highest BCUT2D eigenvalue weighted by Crippen LogP contribution is 2.26. The van der Waals surface area contributed by atoms with Crippen LogP contribution in [0.4, 0.5) is 5.69 Å². The maximum absolute atomic E-state index is 13.6. The van der Waals surface area contributed by atoms with E-state index in [2.05, 4.69) is 5.32 Å². The summed E-state index contributed by atoms with van der Waals surface area (Å²) in [5.74, 6) is 0.925. The van der Waals surface area contributed by atoms with Crippen molar-refractivity contribution in [1.29, 1.82) is 0 Å². The van der Waals surface area contributed by atoms with Crippen molar-refractivity contribution in [3.63, 3.8) is 0 Å². The Balaban J connectivity index is 1.56. The fourth-order valence-corrected chi connectivity index (χ4v) is 4.24. The van der Waals surface area contributed by atoms with Gasteiger partial charge in [-0.05, 0) is 61.0 Å². The molecule has 9 heteroatoms. The van der Waals surface area contributed by atoms with Gasteiger partial charge in [-0.15, -0.1) is 0 Å². The fraction of sp³-hybridized carbons (Fsp3) is 0.179. The maximum atomic E-state index is 13.6. The average molecular weight is 500 g/mol. The number of hydrogen-bond donors (Lipinski definition) is 1. The molecule has 0 saturated carbocycles. The molecule has 9 nitrogen and oxygen atoms in total. The third kappa shape index (κ3) is 4.71. The number of nitrogens with one attached hydrogen (secondary N) is 1. The van der Waals surface area contributed by atoms with Gasteiger partial charge in [-0.1, -0.05) is 24.3 Å². The SMILES string of the molecule is CCOc1ccc(NC(=O)Cn2c(=O)n(Cc3ccc(OC)cc3)c(=O)c3oc4ccccc4c32)cc1. The third-order valence-corrected chi connectivity index (χ3v) is 5.99. The number of hydrogen-bond acceptors (Lipinski definition) is 6. The van der Waals surface area contributed by atoms with Crippen LogP contribution in [0.5, 0.6) is 11.5 Å². The number of anilines is 1. The van der Waals surface area contributed by atoms with E-state index < -0.39 is 17.2 Å². The van der Waals surface area contributed by atoms with Gasteiger partial charge in [-0.25, -0.2) is 4.79 Å². The first-order chi connectivity index (χ1) is 18.0. The molecule has 2 heterocycles. The minimum atomic E-state index is -0.610. The number of aromatic nitrogens is 2. The molecule has 0 unspecified atom stereocenters.